The Morgan fingerprint density at radius 3 is 2.42 bits per heavy atom. The Hall–Kier alpha value is -2.29. The lowest BCUT2D eigenvalue weighted by Crippen LogP contribution is -2.39. The van der Waals surface area contributed by atoms with E-state index in [-0.39, 0.29) is 11.9 Å². The second kappa shape index (κ2) is 8.00. The molecule has 0 saturated heterocycles. The van der Waals surface area contributed by atoms with Gasteiger partial charge in [-0.25, -0.2) is 0 Å². The van der Waals surface area contributed by atoms with Crippen molar-refractivity contribution < 1.29 is 9.53 Å². The molecule has 0 fully saturated rings. The van der Waals surface area contributed by atoms with Crippen molar-refractivity contribution in [2.24, 2.45) is 0 Å². The van der Waals surface area contributed by atoms with Gasteiger partial charge in [-0.1, -0.05) is 42.8 Å². The standard InChI is InChI=1S/C21H27NO2/c1-6-20(24-18-9-7-8-14(2)13-18)21(23)22-17(5)19-11-10-15(3)12-16(19)4/h7-13,17,20H,6H2,1-5H3,(H,22,23). The summed E-state index contributed by atoms with van der Waals surface area (Å²) in [6.45, 7) is 10.1. The zero-order valence-electron chi connectivity index (χ0n) is 15.2. The van der Waals surface area contributed by atoms with E-state index in [0.717, 1.165) is 16.9 Å². The number of carbonyl (C=O) groups excluding carboxylic acids is 1. The first-order valence-corrected chi connectivity index (χ1v) is 8.51. The Labute approximate surface area is 145 Å². The zero-order valence-corrected chi connectivity index (χ0v) is 15.2. The lowest BCUT2D eigenvalue weighted by Gasteiger charge is -2.22. The molecule has 2 atom stereocenters. The number of amides is 1. The fraction of sp³-hybridized carbons (Fsp3) is 0.381. The third kappa shape index (κ3) is 4.60. The summed E-state index contributed by atoms with van der Waals surface area (Å²) >= 11 is 0. The van der Waals surface area contributed by atoms with E-state index in [1.807, 2.05) is 45.0 Å². The highest BCUT2D eigenvalue weighted by molar-refractivity contribution is 5.81. The molecule has 3 heteroatoms. The molecule has 0 saturated carbocycles. The van der Waals surface area contributed by atoms with Gasteiger partial charge in [-0.05, 0) is 62.9 Å². The van der Waals surface area contributed by atoms with Gasteiger partial charge < -0.3 is 10.1 Å². The number of rotatable bonds is 6. The van der Waals surface area contributed by atoms with E-state index in [2.05, 4.69) is 37.4 Å². The summed E-state index contributed by atoms with van der Waals surface area (Å²) in [6, 6.07) is 14.0. The van der Waals surface area contributed by atoms with Crippen LogP contribution in [0.15, 0.2) is 42.5 Å². The van der Waals surface area contributed by atoms with E-state index in [0.29, 0.717) is 6.42 Å². The molecule has 2 unspecified atom stereocenters. The number of benzene rings is 2. The third-order valence-electron chi connectivity index (χ3n) is 4.18. The van der Waals surface area contributed by atoms with Crippen LogP contribution in [0.25, 0.3) is 0 Å². The molecule has 1 N–H and O–H groups in total. The number of hydrogen-bond donors (Lipinski definition) is 1. The molecule has 2 aromatic carbocycles. The number of carbonyl (C=O) groups is 1. The van der Waals surface area contributed by atoms with Gasteiger partial charge in [-0.2, -0.15) is 0 Å². The third-order valence-corrected chi connectivity index (χ3v) is 4.18. The maximum atomic E-state index is 12.6. The van der Waals surface area contributed by atoms with Crippen LogP contribution in [0.2, 0.25) is 0 Å². The second-order valence-corrected chi connectivity index (χ2v) is 6.42. The molecule has 0 radical (unpaired) electrons. The number of ether oxygens (including phenoxy) is 1. The van der Waals surface area contributed by atoms with E-state index in [9.17, 15) is 4.79 Å². The predicted molar refractivity (Wildman–Crippen MR) is 98.4 cm³/mol. The minimum absolute atomic E-state index is 0.0479. The van der Waals surface area contributed by atoms with Gasteiger partial charge in [0.25, 0.3) is 5.91 Å². The van der Waals surface area contributed by atoms with Gasteiger partial charge in [0.05, 0.1) is 6.04 Å². The average molecular weight is 325 g/mol. The molecule has 0 aliphatic rings. The minimum Gasteiger partial charge on any atom is -0.481 e. The fourth-order valence-electron chi connectivity index (χ4n) is 2.87. The molecule has 24 heavy (non-hydrogen) atoms. The molecule has 1 amide bonds. The largest absolute Gasteiger partial charge is 0.481 e. The molecule has 0 aromatic heterocycles. The molecule has 2 rings (SSSR count). The Morgan fingerprint density at radius 1 is 1.08 bits per heavy atom. The first-order valence-electron chi connectivity index (χ1n) is 8.51. The molecule has 128 valence electrons. The first kappa shape index (κ1) is 18.1. The highest BCUT2D eigenvalue weighted by atomic mass is 16.5. The predicted octanol–water partition coefficient (Wildman–Crippen LogP) is 4.65. The molecule has 0 aliphatic heterocycles. The molecular formula is C21H27NO2. The van der Waals surface area contributed by atoms with Gasteiger partial charge in [-0.15, -0.1) is 0 Å². The van der Waals surface area contributed by atoms with Crippen molar-refractivity contribution in [1.82, 2.24) is 5.32 Å². The smallest absolute Gasteiger partial charge is 0.261 e. The van der Waals surface area contributed by atoms with Crippen LogP contribution in [0.4, 0.5) is 0 Å². The van der Waals surface area contributed by atoms with E-state index in [1.54, 1.807) is 0 Å². The van der Waals surface area contributed by atoms with Crippen LogP contribution in [-0.4, -0.2) is 12.0 Å². The average Bonchev–Trinajstić information content (AvgIpc) is 2.52. The Bertz CT molecular complexity index is 709. The van der Waals surface area contributed by atoms with Crippen LogP contribution in [0.1, 0.15) is 48.6 Å². The van der Waals surface area contributed by atoms with Crippen LogP contribution < -0.4 is 10.1 Å². The molecule has 0 heterocycles. The maximum absolute atomic E-state index is 12.6. The molecule has 2 aromatic rings. The molecule has 0 aliphatic carbocycles. The van der Waals surface area contributed by atoms with Crippen molar-refractivity contribution in [1.29, 1.82) is 0 Å². The van der Waals surface area contributed by atoms with E-state index >= 15 is 0 Å². The topological polar surface area (TPSA) is 38.3 Å². The van der Waals surface area contributed by atoms with Crippen molar-refractivity contribution >= 4 is 5.91 Å². The Balaban J connectivity index is 2.05. The van der Waals surface area contributed by atoms with Gasteiger partial charge >= 0.3 is 0 Å². The van der Waals surface area contributed by atoms with Crippen molar-refractivity contribution in [3.63, 3.8) is 0 Å². The fourth-order valence-corrected chi connectivity index (χ4v) is 2.87. The summed E-state index contributed by atoms with van der Waals surface area (Å²) in [5.74, 6) is 0.655. The first-order chi connectivity index (χ1) is 11.4. The van der Waals surface area contributed by atoms with Crippen LogP contribution in [-0.2, 0) is 4.79 Å². The van der Waals surface area contributed by atoms with Crippen LogP contribution in [0.3, 0.4) is 0 Å². The Morgan fingerprint density at radius 2 is 1.79 bits per heavy atom. The SMILES string of the molecule is CCC(Oc1cccc(C)c1)C(=O)NC(C)c1ccc(C)cc1C. The number of hydrogen-bond acceptors (Lipinski definition) is 2. The quantitative estimate of drug-likeness (QED) is 0.840. The summed E-state index contributed by atoms with van der Waals surface area (Å²) in [5.41, 5.74) is 4.67. The van der Waals surface area contributed by atoms with Gasteiger partial charge in [0.1, 0.15) is 5.75 Å². The molecule has 3 nitrogen and oxygen atoms in total. The summed E-state index contributed by atoms with van der Waals surface area (Å²) in [5, 5.41) is 3.08. The molecule has 0 spiro atoms. The second-order valence-electron chi connectivity index (χ2n) is 6.42. The van der Waals surface area contributed by atoms with Gasteiger partial charge in [-0.3, -0.25) is 4.79 Å². The van der Waals surface area contributed by atoms with Gasteiger partial charge in [0.15, 0.2) is 6.10 Å². The van der Waals surface area contributed by atoms with Crippen LogP contribution in [0, 0.1) is 20.8 Å². The summed E-state index contributed by atoms with van der Waals surface area (Å²) in [7, 11) is 0. The van der Waals surface area contributed by atoms with Crippen molar-refractivity contribution in [3.8, 4) is 5.75 Å². The zero-order chi connectivity index (χ0) is 17.7. The van der Waals surface area contributed by atoms with Crippen molar-refractivity contribution in [3.05, 3.63) is 64.7 Å². The highest BCUT2D eigenvalue weighted by Crippen LogP contribution is 2.20. The lowest BCUT2D eigenvalue weighted by molar-refractivity contribution is -0.128. The monoisotopic (exact) mass is 325 g/mol. The van der Waals surface area contributed by atoms with Crippen molar-refractivity contribution in [2.75, 3.05) is 0 Å². The van der Waals surface area contributed by atoms with Gasteiger partial charge in [0.2, 0.25) is 0 Å². The normalized spacial score (nSPS) is 13.2. The Kier molecular flexibility index (Phi) is 6.02. The summed E-state index contributed by atoms with van der Waals surface area (Å²) in [6.07, 6.45) is 0.138. The van der Waals surface area contributed by atoms with E-state index in [1.165, 1.54) is 11.1 Å². The lowest BCUT2D eigenvalue weighted by atomic mass is 10.00. The highest BCUT2D eigenvalue weighted by Gasteiger charge is 2.21. The van der Waals surface area contributed by atoms with Crippen molar-refractivity contribution in [2.45, 2.75) is 53.2 Å². The summed E-state index contributed by atoms with van der Waals surface area (Å²) in [4.78, 5) is 12.6. The number of aryl methyl sites for hydroxylation is 3. The van der Waals surface area contributed by atoms with E-state index in [4.69, 9.17) is 4.74 Å². The minimum atomic E-state index is -0.486. The van der Waals surface area contributed by atoms with E-state index < -0.39 is 6.10 Å². The summed E-state index contributed by atoms with van der Waals surface area (Å²) < 4.78 is 5.88. The van der Waals surface area contributed by atoms with Gasteiger partial charge in [0, 0.05) is 0 Å². The van der Waals surface area contributed by atoms with Crippen LogP contribution >= 0.6 is 0 Å². The molecule has 0 bridgehead atoms. The number of nitrogens with one attached hydrogen (secondary N) is 1. The maximum Gasteiger partial charge on any atom is 0.261 e. The van der Waals surface area contributed by atoms with Crippen LogP contribution in [0.5, 0.6) is 5.75 Å². The molecular weight excluding hydrogens is 298 g/mol.